The Labute approximate surface area is 96.2 Å². The number of pyridine rings is 1. The molecule has 0 radical (unpaired) electrons. The van der Waals surface area contributed by atoms with Crippen LogP contribution in [0.15, 0.2) is 6.07 Å². The van der Waals surface area contributed by atoms with E-state index in [9.17, 15) is 13.6 Å². The van der Waals surface area contributed by atoms with Crippen molar-refractivity contribution < 1.29 is 23.4 Å². The van der Waals surface area contributed by atoms with E-state index in [2.05, 4.69) is 4.98 Å². The first kappa shape index (κ1) is 13.3. The fourth-order valence-electron chi connectivity index (χ4n) is 1.43. The summed E-state index contributed by atoms with van der Waals surface area (Å²) in [6.07, 6.45) is -3.27. The summed E-state index contributed by atoms with van der Waals surface area (Å²) in [6.45, 7) is -0.150. The first-order valence-corrected chi connectivity index (χ1v) is 4.76. The predicted molar refractivity (Wildman–Crippen MR) is 55.0 cm³/mol. The van der Waals surface area contributed by atoms with Crippen LogP contribution in [0.4, 0.5) is 8.78 Å². The number of hydrogen-bond donors (Lipinski definition) is 2. The third-order valence-electron chi connectivity index (χ3n) is 2.13. The van der Waals surface area contributed by atoms with E-state index in [4.69, 9.17) is 15.6 Å². The van der Waals surface area contributed by atoms with Crippen molar-refractivity contribution in [1.82, 2.24) is 4.98 Å². The Morgan fingerprint density at radius 2 is 2.29 bits per heavy atom. The molecule has 0 saturated carbocycles. The van der Waals surface area contributed by atoms with Crippen LogP contribution in [0.25, 0.3) is 0 Å². The average Bonchev–Trinajstić information content (AvgIpc) is 2.26. The molecule has 3 N–H and O–H groups in total. The highest BCUT2D eigenvalue weighted by Crippen LogP contribution is 2.29. The lowest BCUT2D eigenvalue weighted by atomic mass is 10.1. The van der Waals surface area contributed by atoms with Gasteiger partial charge in [-0.3, -0.25) is 9.78 Å². The second-order valence-corrected chi connectivity index (χ2v) is 3.25. The maximum atomic E-state index is 12.7. The number of alkyl halides is 2. The van der Waals surface area contributed by atoms with E-state index in [1.54, 1.807) is 0 Å². The zero-order valence-corrected chi connectivity index (χ0v) is 9.11. The highest BCUT2D eigenvalue weighted by Gasteiger charge is 2.20. The number of nitrogens with two attached hydrogens (primary N) is 1. The van der Waals surface area contributed by atoms with Gasteiger partial charge in [-0.05, 0) is 0 Å². The van der Waals surface area contributed by atoms with Gasteiger partial charge in [-0.2, -0.15) is 0 Å². The van der Waals surface area contributed by atoms with Crippen LogP contribution in [-0.4, -0.2) is 23.2 Å². The molecule has 0 atom stereocenters. The Balaban J connectivity index is 3.29. The minimum absolute atomic E-state index is 0.0156. The number of hydrogen-bond acceptors (Lipinski definition) is 4. The molecule has 1 heterocycles. The summed E-state index contributed by atoms with van der Waals surface area (Å²) in [6, 6.07) is 1.31. The standard InChI is InChI=1S/C10H12F2N2O3/c1-17-7-2-5(3-8(15)16)14-9(10(11)12)6(7)4-13/h2,10H,3-4,13H2,1H3,(H,15,16). The Bertz CT molecular complexity index is 424. The SMILES string of the molecule is COc1cc(CC(=O)O)nc(C(F)F)c1CN. The van der Waals surface area contributed by atoms with Crippen molar-refractivity contribution in [3.63, 3.8) is 0 Å². The van der Waals surface area contributed by atoms with Crippen molar-refractivity contribution in [1.29, 1.82) is 0 Å². The van der Waals surface area contributed by atoms with Gasteiger partial charge in [-0.15, -0.1) is 0 Å². The molecule has 0 unspecified atom stereocenters. The Morgan fingerprint density at radius 1 is 1.65 bits per heavy atom. The molecule has 94 valence electrons. The lowest BCUT2D eigenvalue weighted by molar-refractivity contribution is -0.136. The van der Waals surface area contributed by atoms with E-state index in [-0.39, 0.29) is 23.6 Å². The van der Waals surface area contributed by atoms with Crippen LogP contribution >= 0.6 is 0 Å². The summed E-state index contributed by atoms with van der Waals surface area (Å²) in [7, 11) is 1.30. The van der Waals surface area contributed by atoms with Gasteiger partial charge in [0.1, 0.15) is 11.4 Å². The zero-order chi connectivity index (χ0) is 13.0. The lowest BCUT2D eigenvalue weighted by Gasteiger charge is -2.13. The van der Waals surface area contributed by atoms with Crippen LogP contribution in [0.1, 0.15) is 23.4 Å². The molecule has 0 aliphatic carbocycles. The maximum Gasteiger partial charge on any atom is 0.309 e. The molecule has 0 spiro atoms. The molecule has 5 nitrogen and oxygen atoms in total. The van der Waals surface area contributed by atoms with E-state index in [1.807, 2.05) is 0 Å². The van der Waals surface area contributed by atoms with Gasteiger partial charge in [0, 0.05) is 18.2 Å². The lowest BCUT2D eigenvalue weighted by Crippen LogP contribution is -2.11. The number of aromatic nitrogens is 1. The molecule has 0 fully saturated rings. The van der Waals surface area contributed by atoms with Gasteiger partial charge in [-0.25, -0.2) is 8.78 Å². The number of carboxylic acids is 1. The summed E-state index contributed by atoms with van der Waals surface area (Å²) in [4.78, 5) is 14.1. The third-order valence-corrected chi connectivity index (χ3v) is 2.13. The quantitative estimate of drug-likeness (QED) is 0.812. The largest absolute Gasteiger partial charge is 0.496 e. The van der Waals surface area contributed by atoms with Gasteiger partial charge in [0.2, 0.25) is 0 Å². The van der Waals surface area contributed by atoms with E-state index in [0.717, 1.165) is 0 Å². The van der Waals surface area contributed by atoms with Gasteiger partial charge < -0.3 is 15.6 Å². The minimum atomic E-state index is -2.82. The molecule has 17 heavy (non-hydrogen) atoms. The molecule has 0 aliphatic rings. The number of nitrogens with zero attached hydrogens (tertiary/aromatic N) is 1. The van der Waals surface area contributed by atoms with Gasteiger partial charge in [0.25, 0.3) is 6.43 Å². The highest BCUT2D eigenvalue weighted by molar-refractivity contribution is 5.69. The molecule has 7 heteroatoms. The fraction of sp³-hybridized carbons (Fsp3) is 0.400. The van der Waals surface area contributed by atoms with Crippen LogP contribution in [0.2, 0.25) is 0 Å². The van der Waals surface area contributed by atoms with E-state index < -0.39 is 24.5 Å². The number of carboxylic acid groups (broad SMARTS) is 1. The van der Waals surface area contributed by atoms with Gasteiger partial charge in [-0.1, -0.05) is 0 Å². The molecule has 0 saturated heterocycles. The van der Waals surface area contributed by atoms with Crippen LogP contribution in [0.3, 0.4) is 0 Å². The molecule has 0 amide bonds. The van der Waals surface area contributed by atoms with Crippen LogP contribution in [0.5, 0.6) is 5.75 Å². The first-order chi connectivity index (χ1) is 7.99. The Kier molecular flexibility index (Phi) is 4.33. The zero-order valence-electron chi connectivity index (χ0n) is 9.11. The summed E-state index contributed by atoms with van der Waals surface area (Å²) in [5, 5.41) is 8.59. The number of ether oxygens (including phenoxy) is 1. The highest BCUT2D eigenvalue weighted by atomic mass is 19.3. The van der Waals surface area contributed by atoms with Crippen LogP contribution in [-0.2, 0) is 17.8 Å². The smallest absolute Gasteiger partial charge is 0.309 e. The molecule has 1 rings (SSSR count). The second kappa shape index (κ2) is 5.53. The molecule has 1 aromatic rings. The molecule has 0 bridgehead atoms. The van der Waals surface area contributed by atoms with Crippen molar-refractivity contribution >= 4 is 5.97 Å². The van der Waals surface area contributed by atoms with Crippen molar-refractivity contribution in [2.45, 2.75) is 19.4 Å². The monoisotopic (exact) mass is 246 g/mol. The summed E-state index contributed by atoms with van der Waals surface area (Å²) >= 11 is 0. The number of rotatable bonds is 5. The second-order valence-electron chi connectivity index (χ2n) is 3.25. The minimum Gasteiger partial charge on any atom is -0.496 e. The van der Waals surface area contributed by atoms with Crippen LogP contribution in [0, 0.1) is 0 Å². The first-order valence-electron chi connectivity index (χ1n) is 4.76. The molecular formula is C10H12F2N2O3. The maximum absolute atomic E-state index is 12.7. The van der Waals surface area contributed by atoms with Gasteiger partial charge >= 0.3 is 5.97 Å². The molecule has 0 aromatic carbocycles. The number of methoxy groups -OCH3 is 1. The Morgan fingerprint density at radius 3 is 2.71 bits per heavy atom. The topological polar surface area (TPSA) is 85.4 Å². The summed E-state index contributed by atoms with van der Waals surface area (Å²) in [5.74, 6) is -1.02. The van der Waals surface area contributed by atoms with Crippen molar-refractivity contribution in [2.24, 2.45) is 5.73 Å². The fourth-order valence-corrected chi connectivity index (χ4v) is 1.43. The summed E-state index contributed by atoms with van der Waals surface area (Å²) in [5.41, 5.74) is 4.93. The average molecular weight is 246 g/mol. The van der Waals surface area contributed by atoms with Crippen molar-refractivity contribution in [3.05, 3.63) is 23.0 Å². The normalized spacial score (nSPS) is 10.6. The Hall–Kier alpha value is -1.76. The van der Waals surface area contributed by atoms with Crippen molar-refractivity contribution in [3.8, 4) is 5.75 Å². The third kappa shape index (κ3) is 3.10. The van der Waals surface area contributed by atoms with E-state index >= 15 is 0 Å². The number of halogens is 2. The molecular weight excluding hydrogens is 234 g/mol. The predicted octanol–water partition coefficient (Wildman–Crippen LogP) is 1.11. The number of carbonyl (C=O) groups is 1. The van der Waals surface area contributed by atoms with E-state index in [1.165, 1.54) is 13.2 Å². The molecule has 0 aliphatic heterocycles. The summed E-state index contributed by atoms with van der Waals surface area (Å²) < 4.78 is 30.4. The van der Waals surface area contributed by atoms with Crippen molar-refractivity contribution in [2.75, 3.05) is 7.11 Å². The van der Waals surface area contributed by atoms with Gasteiger partial charge in [0.15, 0.2) is 0 Å². The number of aliphatic carboxylic acids is 1. The van der Waals surface area contributed by atoms with Gasteiger partial charge in [0.05, 0.1) is 19.2 Å². The van der Waals surface area contributed by atoms with E-state index in [0.29, 0.717) is 0 Å². The molecule has 1 aromatic heterocycles. The van der Waals surface area contributed by atoms with Crippen LogP contribution < -0.4 is 10.5 Å².